The molecule has 0 radical (unpaired) electrons. The van der Waals surface area contributed by atoms with Crippen LogP contribution >= 0.6 is 0 Å². The topological polar surface area (TPSA) is 112 Å². The van der Waals surface area contributed by atoms with Gasteiger partial charge < -0.3 is 9.64 Å². The van der Waals surface area contributed by atoms with Crippen LogP contribution in [-0.2, 0) is 4.79 Å². The Morgan fingerprint density at radius 3 is 2.64 bits per heavy atom. The smallest absolute Gasteiger partial charge is 0.334 e. The van der Waals surface area contributed by atoms with Gasteiger partial charge in [-0.3, -0.25) is 29.1 Å². The lowest BCUT2D eigenvalue weighted by atomic mass is 10.0. The summed E-state index contributed by atoms with van der Waals surface area (Å²) in [6, 6.07) is 6.31. The number of nitro groups is 1. The number of ketones is 1. The number of fused-ring (bicyclic) bond motifs is 1. The molecule has 2 aromatic rings. The molecular weight excluding hydrogens is 366 g/mol. The number of carbonyl (C=O) groups excluding carboxylic acids is 2. The van der Waals surface area contributed by atoms with E-state index >= 15 is 0 Å². The van der Waals surface area contributed by atoms with Gasteiger partial charge in [0.2, 0.25) is 0 Å². The number of benzene rings is 1. The highest BCUT2D eigenvalue weighted by molar-refractivity contribution is 6.03. The Morgan fingerprint density at radius 1 is 1.29 bits per heavy atom. The number of Topliss-reactive ketones (excluding diaryl/α,β-unsaturated/α-hetero) is 1. The molecule has 146 valence electrons. The van der Waals surface area contributed by atoms with Gasteiger partial charge in [0.15, 0.2) is 12.4 Å². The van der Waals surface area contributed by atoms with E-state index < -0.39 is 28.0 Å². The van der Waals surface area contributed by atoms with Crippen molar-refractivity contribution >= 4 is 23.1 Å². The van der Waals surface area contributed by atoms with Gasteiger partial charge in [0.1, 0.15) is 5.75 Å². The van der Waals surface area contributed by atoms with Gasteiger partial charge >= 0.3 is 11.2 Å². The van der Waals surface area contributed by atoms with Crippen LogP contribution in [0.25, 0.3) is 0 Å². The second-order valence-corrected chi connectivity index (χ2v) is 6.44. The maximum absolute atomic E-state index is 13.0. The van der Waals surface area contributed by atoms with Crippen molar-refractivity contribution in [2.45, 2.75) is 26.8 Å². The molecule has 28 heavy (non-hydrogen) atoms. The van der Waals surface area contributed by atoms with Crippen molar-refractivity contribution in [2.24, 2.45) is 0 Å². The third-order valence-corrected chi connectivity index (χ3v) is 4.77. The maximum Gasteiger partial charge on any atom is 0.334 e. The van der Waals surface area contributed by atoms with Gasteiger partial charge in [0.25, 0.3) is 5.91 Å². The fourth-order valence-electron chi connectivity index (χ4n) is 3.32. The van der Waals surface area contributed by atoms with Gasteiger partial charge in [0, 0.05) is 23.9 Å². The zero-order valence-electron chi connectivity index (χ0n) is 15.7. The normalized spacial score (nSPS) is 14.2. The van der Waals surface area contributed by atoms with Crippen molar-refractivity contribution < 1.29 is 19.2 Å². The minimum Gasteiger partial charge on any atom is -0.482 e. The average Bonchev–Trinajstić information content (AvgIpc) is 2.66. The molecule has 0 bridgehead atoms. The van der Waals surface area contributed by atoms with Crippen LogP contribution in [0.5, 0.6) is 5.75 Å². The van der Waals surface area contributed by atoms with Crippen LogP contribution in [0.3, 0.4) is 0 Å². The van der Waals surface area contributed by atoms with E-state index in [-0.39, 0.29) is 18.1 Å². The lowest BCUT2D eigenvalue weighted by Gasteiger charge is -2.29. The molecule has 0 fully saturated rings. The summed E-state index contributed by atoms with van der Waals surface area (Å²) in [6.07, 6.45) is 0. The summed E-state index contributed by atoms with van der Waals surface area (Å²) in [5.41, 5.74) is -0.229. The molecule has 1 aromatic heterocycles. The molecule has 0 saturated heterocycles. The number of aryl methyl sites for hydroxylation is 1. The van der Waals surface area contributed by atoms with E-state index in [2.05, 4.69) is 0 Å². The van der Waals surface area contributed by atoms with Gasteiger partial charge in [-0.25, -0.2) is 0 Å². The first kappa shape index (κ1) is 19.3. The highest BCUT2D eigenvalue weighted by atomic mass is 16.6. The first-order valence-corrected chi connectivity index (χ1v) is 8.74. The number of hydrogen-bond acceptors (Lipinski definition) is 6. The Labute approximate surface area is 160 Å². The van der Waals surface area contributed by atoms with Gasteiger partial charge in [-0.05, 0) is 45.0 Å². The van der Waals surface area contributed by atoms with E-state index in [1.807, 2.05) is 6.92 Å². The molecule has 1 aliphatic heterocycles. The first-order chi connectivity index (χ1) is 13.3. The zero-order chi connectivity index (χ0) is 20.6. The Hall–Kier alpha value is -3.49. The van der Waals surface area contributed by atoms with E-state index in [0.29, 0.717) is 23.7 Å². The van der Waals surface area contributed by atoms with Crippen LogP contribution in [0.15, 0.2) is 35.1 Å². The minimum atomic E-state index is -0.958. The van der Waals surface area contributed by atoms with E-state index in [9.17, 15) is 24.5 Å². The first-order valence-electron chi connectivity index (χ1n) is 8.74. The predicted molar refractivity (Wildman–Crippen MR) is 101 cm³/mol. The fraction of sp³-hybridized carbons (Fsp3) is 0.316. The van der Waals surface area contributed by atoms with Crippen LogP contribution in [0.1, 0.15) is 35.9 Å². The number of nitrogens with zero attached hydrogens (tertiary/aromatic N) is 3. The van der Waals surface area contributed by atoms with E-state index in [4.69, 9.17) is 4.74 Å². The van der Waals surface area contributed by atoms with Gasteiger partial charge in [-0.2, -0.15) is 0 Å². The molecule has 1 amide bonds. The summed E-state index contributed by atoms with van der Waals surface area (Å²) in [7, 11) is 0. The quantitative estimate of drug-likeness (QED) is 0.443. The van der Waals surface area contributed by atoms with Crippen molar-refractivity contribution in [1.82, 2.24) is 4.57 Å². The van der Waals surface area contributed by atoms with Crippen LogP contribution < -0.4 is 15.2 Å². The number of anilines is 1. The molecule has 2 heterocycles. The van der Waals surface area contributed by atoms with Crippen LogP contribution in [0.2, 0.25) is 0 Å². The molecule has 0 spiro atoms. The van der Waals surface area contributed by atoms with Crippen molar-refractivity contribution in [3.8, 4) is 5.75 Å². The van der Waals surface area contributed by atoms with E-state index in [0.717, 1.165) is 10.6 Å². The highest BCUT2D eigenvalue weighted by Crippen LogP contribution is 2.33. The minimum absolute atomic E-state index is 0.0627. The largest absolute Gasteiger partial charge is 0.482 e. The number of likely N-dealkylation sites (N-methyl/N-ethyl adjacent to an activating group) is 1. The molecular formula is C19H19N3O6. The fourth-order valence-corrected chi connectivity index (χ4v) is 3.32. The van der Waals surface area contributed by atoms with Gasteiger partial charge in [0.05, 0.1) is 16.7 Å². The molecule has 1 unspecified atom stereocenters. The summed E-state index contributed by atoms with van der Waals surface area (Å²) in [6.45, 7) is 5.29. The number of rotatable bonds is 5. The maximum atomic E-state index is 13.0. The molecule has 1 aromatic carbocycles. The monoisotopic (exact) mass is 385 g/mol. The van der Waals surface area contributed by atoms with Crippen molar-refractivity contribution in [3.05, 3.63) is 62.1 Å². The van der Waals surface area contributed by atoms with E-state index in [1.165, 1.54) is 17.9 Å². The molecule has 0 N–H and O–H groups in total. The van der Waals surface area contributed by atoms with Gasteiger partial charge in [-0.1, -0.05) is 0 Å². The molecule has 1 atom stereocenters. The second kappa shape index (κ2) is 7.26. The van der Waals surface area contributed by atoms with Crippen molar-refractivity contribution in [2.75, 3.05) is 18.1 Å². The lowest BCUT2D eigenvalue weighted by molar-refractivity contribution is -0.386. The molecule has 9 nitrogen and oxygen atoms in total. The zero-order valence-corrected chi connectivity index (χ0v) is 15.7. The number of carbonyl (C=O) groups is 2. The third kappa shape index (κ3) is 3.15. The summed E-state index contributed by atoms with van der Waals surface area (Å²) in [5.74, 6) is -0.115. The second-order valence-electron chi connectivity index (χ2n) is 6.44. The predicted octanol–water partition coefficient (Wildman–Crippen LogP) is 2.25. The van der Waals surface area contributed by atoms with Gasteiger partial charge in [-0.15, -0.1) is 0 Å². The average molecular weight is 385 g/mol. The number of hydrogen-bond donors (Lipinski definition) is 0. The standard InChI is InChI=1S/C19H19N3O6/c1-4-20-15-9-13(6-8-16(15)28-10-17(20)23)18(24)12(3)21-11(2)5-7-14(19(21)25)22(26)27/h5-9,12H,4,10H2,1-3H3. The third-order valence-electron chi connectivity index (χ3n) is 4.77. The van der Waals surface area contributed by atoms with Crippen LogP contribution in [0, 0.1) is 17.0 Å². The van der Waals surface area contributed by atoms with E-state index in [1.54, 1.807) is 25.1 Å². The van der Waals surface area contributed by atoms with Crippen molar-refractivity contribution in [3.63, 3.8) is 0 Å². The molecule has 1 aliphatic rings. The summed E-state index contributed by atoms with van der Waals surface area (Å²) < 4.78 is 6.51. The summed E-state index contributed by atoms with van der Waals surface area (Å²) >= 11 is 0. The Kier molecular flexibility index (Phi) is 5.00. The van der Waals surface area contributed by atoms with Crippen molar-refractivity contribution in [1.29, 1.82) is 0 Å². The SMILES string of the molecule is CCN1C(=O)COc2ccc(C(=O)C(C)n3c(C)ccc([N+](=O)[O-])c3=O)cc21. The Balaban J connectivity index is 2.03. The molecule has 3 rings (SSSR count). The van der Waals surface area contributed by atoms with Crippen LogP contribution in [-0.4, -0.2) is 34.3 Å². The Morgan fingerprint density at radius 2 is 2.00 bits per heavy atom. The highest BCUT2D eigenvalue weighted by Gasteiger charge is 2.28. The Bertz CT molecular complexity index is 1040. The summed E-state index contributed by atoms with van der Waals surface area (Å²) in [5, 5.41) is 11.1. The molecule has 0 aliphatic carbocycles. The molecule has 0 saturated carbocycles. The number of aromatic nitrogens is 1. The number of ether oxygens (including phenoxy) is 1. The number of amides is 1. The van der Waals surface area contributed by atoms with Crippen LogP contribution in [0.4, 0.5) is 11.4 Å². The number of pyridine rings is 1. The molecule has 9 heteroatoms. The summed E-state index contributed by atoms with van der Waals surface area (Å²) in [4.78, 5) is 49.3. The lowest BCUT2D eigenvalue weighted by Crippen LogP contribution is -2.38.